The number of nitrogen functional groups attached to an aromatic ring is 1. The maximum absolute atomic E-state index is 6.10. The lowest BCUT2D eigenvalue weighted by atomic mass is 10.2. The summed E-state index contributed by atoms with van der Waals surface area (Å²) in [5.41, 5.74) is 7.45. The lowest BCUT2D eigenvalue weighted by Crippen LogP contribution is -2.07. The van der Waals surface area contributed by atoms with Gasteiger partial charge in [0.15, 0.2) is 0 Å². The first-order chi connectivity index (χ1) is 7.58. The van der Waals surface area contributed by atoms with Crippen LogP contribution in [0.1, 0.15) is 17.2 Å². The van der Waals surface area contributed by atoms with Crippen molar-refractivity contribution in [2.24, 2.45) is 0 Å². The monoisotopic (exact) mass is 236 g/mol. The van der Waals surface area contributed by atoms with Gasteiger partial charge in [-0.25, -0.2) is 9.67 Å². The first-order valence-electron chi connectivity index (χ1n) is 4.99. The average Bonchev–Trinajstić information content (AvgIpc) is 2.51. The van der Waals surface area contributed by atoms with Crippen molar-refractivity contribution < 1.29 is 0 Å². The molecular weight excluding hydrogens is 224 g/mol. The van der Waals surface area contributed by atoms with Gasteiger partial charge < -0.3 is 5.73 Å². The smallest absolute Gasteiger partial charge is 0.147 e. The van der Waals surface area contributed by atoms with E-state index >= 15 is 0 Å². The van der Waals surface area contributed by atoms with Crippen LogP contribution in [-0.2, 0) is 6.54 Å². The maximum atomic E-state index is 6.10. The van der Waals surface area contributed by atoms with Crippen LogP contribution in [0.2, 0.25) is 5.02 Å². The van der Waals surface area contributed by atoms with Crippen molar-refractivity contribution in [2.45, 2.75) is 20.4 Å². The Labute approximate surface area is 99.1 Å². The van der Waals surface area contributed by atoms with Crippen LogP contribution in [0.25, 0.3) is 0 Å². The molecule has 0 saturated heterocycles. The van der Waals surface area contributed by atoms with Crippen LogP contribution in [0.4, 0.5) is 5.69 Å². The molecule has 0 spiro atoms. The predicted molar refractivity (Wildman–Crippen MR) is 64.5 cm³/mol. The summed E-state index contributed by atoms with van der Waals surface area (Å²) in [6, 6.07) is 5.49. The van der Waals surface area contributed by atoms with Crippen molar-refractivity contribution in [3.63, 3.8) is 0 Å². The van der Waals surface area contributed by atoms with Gasteiger partial charge in [0.25, 0.3) is 0 Å². The van der Waals surface area contributed by atoms with E-state index in [0.29, 0.717) is 17.3 Å². The van der Waals surface area contributed by atoms with E-state index in [1.807, 2.05) is 32.0 Å². The van der Waals surface area contributed by atoms with Crippen LogP contribution in [0.15, 0.2) is 18.2 Å². The highest BCUT2D eigenvalue weighted by Gasteiger charge is 2.08. The summed E-state index contributed by atoms with van der Waals surface area (Å²) in [7, 11) is 0. The Morgan fingerprint density at radius 1 is 1.38 bits per heavy atom. The Bertz CT molecular complexity index is 498. The Morgan fingerprint density at radius 3 is 2.69 bits per heavy atom. The van der Waals surface area contributed by atoms with Crippen molar-refractivity contribution in [1.29, 1.82) is 0 Å². The number of aromatic nitrogens is 3. The molecule has 2 N–H and O–H groups in total. The van der Waals surface area contributed by atoms with Crippen molar-refractivity contribution >= 4 is 17.3 Å². The van der Waals surface area contributed by atoms with Crippen LogP contribution < -0.4 is 5.73 Å². The van der Waals surface area contributed by atoms with Gasteiger partial charge in [-0.3, -0.25) is 0 Å². The molecule has 2 rings (SSSR count). The first kappa shape index (κ1) is 11.0. The molecule has 0 radical (unpaired) electrons. The second kappa shape index (κ2) is 4.14. The Balaban J connectivity index is 2.37. The fourth-order valence-corrected chi connectivity index (χ4v) is 1.84. The van der Waals surface area contributed by atoms with Gasteiger partial charge in [-0.15, -0.1) is 0 Å². The second-order valence-corrected chi connectivity index (χ2v) is 4.08. The van der Waals surface area contributed by atoms with Gasteiger partial charge in [-0.1, -0.05) is 17.7 Å². The summed E-state index contributed by atoms with van der Waals surface area (Å²) in [6.07, 6.45) is 0. The lowest BCUT2D eigenvalue weighted by molar-refractivity contribution is 0.657. The molecule has 0 atom stereocenters. The van der Waals surface area contributed by atoms with E-state index in [1.54, 1.807) is 4.68 Å². The number of nitrogens with two attached hydrogens (primary N) is 1. The first-order valence-corrected chi connectivity index (χ1v) is 5.36. The number of benzene rings is 1. The molecule has 2 aromatic rings. The standard InChI is InChI=1S/C11H13ClN4/c1-7-14-8(2)16(15-7)6-9-10(12)4-3-5-11(9)13/h3-5H,6,13H2,1-2H3. The van der Waals surface area contributed by atoms with E-state index in [-0.39, 0.29) is 0 Å². The van der Waals surface area contributed by atoms with E-state index in [0.717, 1.165) is 17.2 Å². The van der Waals surface area contributed by atoms with Gasteiger partial charge in [-0.2, -0.15) is 5.10 Å². The molecule has 5 heteroatoms. The third-order valence-corrected chi connectivity index (χ3v) is 2.78. The van der Waals surface area contributed by atoms with Crippen molar-refractivity contribution in [2.75, 3.05) is 5.73 Å². The van der Waals surface area contributed by atoms with Gasteiger partial charge in [0.2, 0.25) is 0 Å². The molecule has 0 aliphatic carbocycles. The SMILES string of the molecule is Cc1nc(C)n(Cc2c(N)cccc2Cl)n1. The van der Waals surface area contributed by atoms with Crippen molar-refractivity contribution in [1.82, 2.24) is 14.8 Å². The summed E-state index contributed by atoms with van der Waals surface area (Å²) >= 11 is 6.10. The number of aryl methyl sites for hydroxylation is 2. The molecule has 0 unspecified atom stereocenters. The molecule has 4 nitrogen and oxygen atoms in total. The zero-order chi connectivity index (χ0) is 11.7. The van der Waals surface area contributed by atoms with E-state index in [1.165, 1.54) is 0 Å². The normalized spacial score (nSPS) is 10.7. The molecule has 0 fully saturated rings. The van der Waals surface area contributed by atoms with Crippen molar-refractivity contribution in [3.8, 4) is 0 Å². The zero-order valence-electron chi connectivity index (χ0n) is 9.24. The van der Waals surface area contributed by atoms with E-state index in [9.17, 15) is 0 Å². The molecule has 1 aromatic heterocycles. The molecule has 0 aliphatic rings. The van der Waals surface area contributed by atoms with E-state index < -0.39 is 0 Å². The predicted octanol–water partition coefficient (Wildman–Crippen LogP) is 2.18. The van der Waals surface area contributed by atoms with E-state index in [4.69, 9.17) is 17.3 Å². The van der Waals surface area contributed by atoms with Crippen LogP contribution in [-0.4, -0.2) is 14.8 Å². The molecule has 0 saturated carbocycles. The van der Waals surface area contributed by atoms with Gasteiger partial charge >= 0.3 is 0 Å². The Hall–Kier alpha value is -1.55. The Kier molecular flexibility index (Phi) is 2.83. The van der Waals surface area contributed by atoms with Gasteiger partial charge in [0.1, 0.15) is 11.6 Å². The highest BCUT2D eigenvalue weighted by atomic mass is 35.5. The average molecular weight is 237 g/mol. The minimum Gasteiger partial charge on any atom is -0.398 e. The number of rotatable bonds is 2. The maximum Gasteiger partial charge on any atom is 0.147 e. The second-order valence-electron chi connectivity index (χ2n) is 3.67. The third-order valence-electron chi connectivity index (χ3n) is 2.43. The molecule has 1 aromatic carbocycles. The fourth-order valence-electron chi connectivity index (χ4n) is 1.60. The summed E-state index contributed by atoms with van der Waals surface area (Å²) in [4.78, 5) is 4.23. The van der Waals surface area contributed by atoms with Crippen LogP contribution >= 0.6 is 11.6 Å². The lowest BCUT2D eigenvalue weighted by Gasteiger charge is -2.08. The molecule has 0 aliphatic heterocycles. The quantitative estimate of drug-likeness (QED) is 0.814. The summed E-state index contributed by atoms with van der Waals surface area (Å²) in [6.45, 7) is 4.32. The highest BCUT2D eigenvalue weighted by Crippen LogP contribution is 2.22. The third kappa shape index (κ3) is 2.02. The van der Waals surface area contributed by atoms with Gasteiger partial charge in [0, 0.05) is 16.3 Å². The number of anilines is 1. The Morgan fingerprint density at radius 2 is 2.12 bits per heavy atom. The zero-order valence-corrected chi connectivity index (χ0v) is 9.99. The molecule has 0 amide bonds. The minimum atomic E-state index is 0.554. The number of nitrogens with zero attached hydrogens (tertiary/aromatic N) is 3. The molecule has 84 valence electrons. The van der Waals surface area contributed by atoms with E-state index in [2.05, 4.69) is 10.1 Å². The van der Waals surface area contributed by atoms with Crippen LogP contribution in [0.3, 0.4) is 0 Å². The highest BCUT2D eigenvalue weighted by molar-refractivity contribution is 6.31. The molecular formula is C11H13ClN4. The largest absolute Gasteiger partial charge is 0.398 e. The summed E-state index contributed by atoms with van der Waals surface area (Å²) in [5.74, 6) is 1.61. The van der Waals surface area contributed by atoms with Crippen LogP contribution in [0.5, 0.6) is 0 Å². The fraction of sp³-hybridized carbons (Fsp3) is 0.273. The van der Waals surface area contributed by atoms with Gasteiger partial charge in [0.05, 0.1) is 6.54 Å². The summed E-state index contributed by atoms with van der Waals surface area (Å²) in [5, 5.41) is 4.94. The topological polar surface area (TPSA) is 56.7 Å². The van der Waals surface area contributed by atoms with Gasteiger partial charge in [-0.05, 0) is 26.0 Å². The number of halogens is 1. The van der Waals surface area contributed by atoms with Crippen molar-refractivity contribution in [3.05, 3.63) is 40.4 Å². The minimum absolute atomic E-state index is 0.554. The molecule has 0 bridgehead atoms. The molecule has 16 heavy (non-hydrogen) atoms. The van der Waals surface area contributed by atoms with Crippen LogP contribution in [0, 0.1) is 13.8 Å². The molecule has 1 heterocycles. The number of hydrogen-bond acceptors (Lipinski definition) is 3. The summed E-state index contributed by atoms with van der Waals surface area (Å²) < 4.78 is 1.80. The number of hydrogen-bond donors (Lipinski definition) is 1.